The molecule has 1 fully saturated rings. The molecule has 7 nitrogen and oxygen atoms in total. The molecule has 0 saturated carbocycles. The summed E-state index contributed by atoms with van der Waals surface area (Å²) in [4.78, 5) is 28.5. The zero-order chi connectivity index (χ0) is 18.0. The van der Waals surface area contributed by atoms with E-state index in [9.17, 15) is 20.0 Å². The normalized spacial score (nSPS) is 21.2. The van der Waals surface area contributed by atoms with E-state index in [2.05, 4.69) is 16.8 Å². The van der Waals surface area contributed by atoms with Gasteiger partial charge in [0.2, 0.25) is 0 Å². The summed E-state index contributed by atoms with van der Waals surface area (Å²) in [7, 11) is 0. The van der Waals surface area contributed by atoms with Gasteiger partial charge >= 0.3 is 5.97 Å². The second-order valence-electron chi connectivity index (χ2n) is 6.52. The van der Waals surface area contributed by atoms with Crippen molar-refractivity contribution >= 4 is 23.0 Å². The van der Waals surface area contributed by atoms with Gasteiger partial charge in [-0.1, -0.05) is 19.1 Å². The molecule has 8 heteroatoms. The zero-order valence-corrected chi connectivity index (χ0v) is 14.6. The summed E-state index contributed by atoms with van der Waals surface area (Å²) in [5.74, 6) is -0.740. The fraction of sp³-hybridized carbons (Fsp3) is 0.412. The second kappa shape index (κ2) is 7.28. The quantitative estimate of drug-likeness (QED) is 0.648. The van der Waals surface area contributed by atoms with Crippen molar-refractivity contribution in [2.24, 2.45) is 11.8 Å². The molecule has 1 aliphatic heterocycles. The number of carboxylic acid groups (broad SMARTS) is 1. The molecule has 2 aromatic rings. The topological polar surface area (TPSA) is 96.6 Å². The van der Waals surface area contributed by atoms with E-state index in [0.29, 0.717) is 25.4 Å². The fourth-order valence-corrected chi connectivity index (χ4v) is 4.07. The maximum absolute atomic E-state index is 11.3. The standard InChI is InChI=1S/C17H19N3O4S/c1-11-5-13(17(21)22)8-19(7-11)9-14-10-25-16(18-14)12-3-2-4-15(6-12)20(23)24/h2-4,6,10-11,13H,5,7-9H2,1H3,(H,21,22). The van der Waals surface area contributed by atoms with E-state index < -0.39 is 10.9 Å². The number of nitro groups is 1. The molecule has 1 aliphatic rings. The summed E-state index contributed by atoms with van der Waals surface area (Å²) in [5, 5.41) is 22.8. The van der Waals surface area contributed by atoms with E-state index in [1.165, 1.54) is 23.5 Å². The molecule has 1 aromatic carbocycles. The minimum absolute atomic E-state index is 0.0448. The van der Waals surface area contributed by atoms with Crippen LogP contribution in [0.5, 0.6) is 0 Å². The van der Waals surface area contributed by atoms with Gasteiger partial charge in [-0.2, -0.15) is 0 Å². The Kier molecular flexibility index (Phi) is 5.10. The summed E-state index contributed by atoms with van der Waals surface area (Å²) in [6, 6.07) is 6.43. The Morgan fingerprint density at radius 2 is 2.28 bits per heavy atom. The van der Waals surface area contributed by atoms with E-state index in [1.54, 1.807) is 12.1 Å². The minimum Gasteiger partial charge on any atom is -0.481 e. The Labute approximate surface area is 149 Å². The molecule has 2 unspecified atom stereocenters. The van der Waals surface area contributed by atoms with Crippen LogP contribution < -0.4 is 0 Å². The summed E-state index contributed by atoms with van der Waals surface area (Å²) >= 11 is 1.44. The number of likely N-dealkylation sites (tertiary alicyclic amines) is 1. The number of nitrogens with zero attached hydrogens (tertiary/aromatic N) is 3. The lowest BCUT2D eigenvalue weighted by Crippen LogP contribution is -2.42. The number of carbonyl (C=O) groups is 1. The van der Waals surface area contributed by atoms with E-state index in [-0.39, 0.29) is 11.6 Å². The van der Waals surface area contributed by atoms with E-state index >= 15 is 0 Å². The van der Waals surface area contributed by atoms with Gasteiger partial charge in [0.05, 0.1) is 16.5 Å². The van der Waals surface area contributed by atoms with Gasteiger partial charge in [0, 0.05) is 42.7 Å². The first-order valence-corrected chi connectivity index (χ1v) is 8.94. The molecule has 0 aliphatic carbocycles. The van der Waals surface area contributed by atoms with Crippen LogP contribution >= 0.6 is 11.3 Å². The summed E-state index contributed by atoms with van der Waals surface area (Å²) < 4.78 is 0. The number of thiazole rings is 1. The zero-order valence-electron chi connectivity index (χ0n) is 13.8. The van der Waals surface area contributed by atoms with Crippen molar-refractivity contribution in [1.29, 1.82) is 0 Å². The van der Waals surface area contributed by atoms with E-state index in [4.69, 9.17) is 0 Å². The average Bonchev–Trinajstić information content (AvgIpc) is 3.03. The van der Waals surface area contributed by atoms with Gasteiger partial charge in [-0.3, -0.25) is 19.8 Å². The van der Waals surface area contributed by atoms with Gasteiger partial charge in [-0.05, 0) is 12.3 Å². The van der Waals surface area contributed by atoms with Gasteiger partial charge in [0.25, 0.3) is 5.69 Å². The van der Waals surface area contributed by atoms with Crippen LogP contribution in [0.25, 0.3) is 10.6 Å². The Balaban J connectivity index is 1.72. The van der Waals surface area contributed by atoms with Gasteiger partial charge in [0.1, 0.15) is 5.01 Å². The number of benzene rings is 1. The number of hydrogen-bond acceptors (Lipinski definition) is 6. The maximum Gasteiger partial charge on any atom is 0.307 e. The molecule has 132 valence electrons. The molecule has 3 rings (SSSR count). The number of hydrogen-bond donors (Lipinski definition) is 1. The predicted molar refractivity (Wildman–Crippen MR) is 94.4 cm³/mol. The van der Waals surface area contributed by atoms with Crippen LogP contribution in [-0.4, -0.2) is 39.0 Å². The predicted octanol–water partition coefficient (Wildman–Crippen LogP) is 3.26. The molecule has 25 heavy (non-hydrogen) atoms. The van der Waals surface area contributed by atoms with Crippen LogP contribution in [0.3, 0.4) is 0 Å². The van der Waals surface area contributed by atoms with Crippen LogP contribution in [0.2, 0.25) is 0 Å². The highest BCUT2D eigenvalue weighted by Crippen LogP contribution is 2.28. The maximum atomic E-state index is 11.3. The lowest BCUT2D eigenvalue weighted by molar-refractivity contribution is -0.384. The van der Waals surface area contributed by atoms with Gasteiger partial charge in [-0.15, -0.1) is 11.3 Å². The summed E-state index contributed by atoms with van der Waals surface area (Å²) in [6.45, 7) is 4.05. The number of aromatic nitrogens is 1. The van der Waals surface area contributed by atoms with Crippen LogP contribution in [0.4, 0.5) is 5.69 Å². The van der Waals surface area contributed by atoms with Gasteiger partial charge in [0.15, 0.2) is 0 Å². The molecule has 1 aromatic heterocycles. The first kappa shape index (κ1) is 17.5. The molecule has 1 N–H and O–H groups in total. The van der Waals surface area contributed by atoms with Crippen molar-refractivity contribution < 1.29 is 14.8 Å². The van der Waals surface area contributed by atoms with Crippen molar-refractivity contribution in [3.8, 4) is 10.6 Å². The van der Waals surface area contributed by atoms with Crippen molar-refractivity contribution in [3.63, 3.8) is 0 Å². The smallest absolute Gasteiger partial charge is 0.307 e. The summed E-state index contributed by atoms with van der Waals surface area (Å²) in [6.07, 6.45) is 0.710. The summed E-state index contributed by atoms with van der Waals surface area (Å²) in [5.41, 5.74) is 1.63. The highest BCUT2D eigenvalue weighted by Gasteiger charge is 2.29. The molecular formula is C17H19N3O4S. The Morgan fingerprint density at radius 3 is 3.00 bits per heavy atom. The molecule has 0 spiro atoms. The molecule has 2 heterocycles. The third kappa shape index (κ3) is 4.21. The van der Waals surface area contributed by atoms with Crippen molar-refractivity contribution in [1.82, 2.24) is 9.88 Å². The Morgan fingerprint density at radius 1 is 1.48 bits per heavy atom. The Bertz CT molecular complexity index is 792. The third-order valence-corrected chi connectivity index (χ3v) is 5.27. The minimum atomic E-state index is -0.743. The molecule has 1 saturated heterocycles. The van der Waals surface area contributed by atoms with E-state index in [0.717, 1.165) is 22.8 Å². The highest BCUT2D eigenvalue weighted by atomic mass is 32.1. The molecule has 0 amide bonds. The molecule has 0 bridgehead atoms. The number of piperidine rings is 1. The lowest BCUT2D eigenvalue weighted by atomic mass is 9.90. The van der Waals surface area contributed by atoms with Crippen molar-refractivity contribution in [3.05, 3.63) is 45.5 Å². The largest absolute Gasteiger partial charge is 0.481 e. The number of nitro benzene ring substituents is 1. The highest BCUT2D eigenvalue weighted by molar-refractivity contribution is 7.13. The Hall–Kier alpha value is -2.32. The van der Waals surface area contributed by atoms with Crippen molar-refractivity contribution in [2.75, 3.05) is 13.1 Å². The SMILES string of the molecule is CC1CC(C(=O)O)CN(Cc2csc(-c3cccc([N+](=O)[O-])c3)n2)C1. The lowest BCUT2D eigenvalue weighted by Gasteiger charge is -2.34. The first-order valence-electron chi connectivity index (χ1n) is 8.06. The average molecular weight is 361 g/mol. The molecular weight excluding hydrogens is 342 g/mol. The fourth-order valence-electron chi connectivity index (χ4n) is 3.26. The molecule has 2 atom stereocenters. The first-order chi connectivity index (χ1) is 11.9. The number of rotatable bonds is 5. The molecule has 0 radical (unpaired) electrons. The third-order valence-electron chi connectivity index (χ3n) is 4.33. The van der Waals surface area contributed by atoms with E-state index in [1.807, 2.05) is 5.38 Å². The second-order valence-corrected chi connectivity index (χ2v) is 7.38. The van der Waals surface area contributed by atoms with Gasteiger partial charge < -0.3 is 5.11 Å². The number of aliphatic carboxylic acids is 1. The van der Waals surface area contributed by atoms with Gasteiger partial charge in [-0.25, -0.2) is 4.98 Å². The van der Waals surface area contributed by atoms with Crippen LogP contribution in [-0.2, 0) is 11.3 Å². The van der Waals surface area contributed by atoms with Crippen LogP contribution in [0, 0.1) is 22.0 Å². The van der Waals surface area contributed by atoms with Crippen LogP contribution in [0.15, 0.2) is 29.6 Å². The monoisotopic (exact) mass is 361 g/mol. The number of non-ortho nitro benzene ring substituents is 1. The van der Waals surface area contributed by atoms with Crippen molar-refractivity contribution in [2.45, 2.75) is 19.9 Å². The van der Waals surface area contributed by atoms with Crippen LogP contribution in [0.1, 0.15) is 19.0 Å². The number of carboxylic acids is 1.